The highest BCUT2D eigenvalue weighted by Gasteiger charge is 2.32. The van der Waals surface area contributed by atoms with Gasteiger partial charge < -0.3 is 15.6 Å². The Morgan fingerprint density at radius 2 is 1.90 bits per heavy atom. The molecule has 6 heteroatoms. The average molecular weight is 291 g/mol. The quantitative estimate of drug-likeness (QED) is 0.757. The number of ether oxygens (including phenoxy) is 1. The van der Waals surface area contributed by atoms with Crippen molar-refractivity contribution in [3.8, 4) is 0 Å². The number of aryl methyl sites for hydroxylation is 1. The van der Waals surface area contributed by atoms with Gasteiger partial charge in [-0.2, -0.15) is 13.2 Å². The maximum Gasteiger partial charge on any atom is 0.411 e. The molecule has 3 N–H and O–H groups in total. The minimum absolute atomic E-state index is 0.106. The smallest absolute Gasteiger partial charge is 0.395 e. The van der Waals surface area contributed by atoms with Crippen molar-refractivity contribution in [3.05, 3.63) is 35.4 Å². The molecule has 0 fully saturated rings. The molecule has 0 spiro atoms. The molecule has 0 bridgehead atoms. The highest BCUT2D eigenvalue weighted by molar-refractivity contribution is 5.34. The topological polar surface area (TPSA) is 55.5 Å². The third-order valence-corrected chi connectivity index (χ3v) is 3.40. The summed E-state index contributed by atoms with van der Waals surface area (Å²) in [6.45, 7) is 0.401. The molecule has 0 aliphatic carbocycles. The summed E-state index contributed by atoms with van der Waals surface area (Å²) in [5.41, 5.74) is 6.78. The molecule has 0 aliphatic heterocycles. The van der Waals surface area contributed by atoms with Gasteiger partial charge in [-0.3, -0.25) is 0 Å². The standard InChI is InChI=1S/C14H20F3NO2/c1-11-4-2-3-5-12(11)13(8-18,9-19)6-7-20-10-14(15,16)17/h2-5,19H,6-10,18H2,1H3. The van der Waals surface area contributed by atoms with Gasteiger partial charge in [0.25, 0.3) is 0 Å². The van der Waals surface area contributed by atoms with Gasteiger partial charge in [-0.1, -0.05) is 24.3 Å². The molecule has 1 unspecified atom stereocenters. The van der Waals surface area contributed by atoms with E-state index in [2.05, 4.69) is 4.74 Å². The number of nitrogens with two attached hydrogens (primary N) is 1. The number of rotatable bonds is 7. The van der Waals surface area contributed by atoms with Crippen molar-refractivity contribution in [2.75, 3.05) is 26.4 Å². The molecule has 1 atom stereocenters. The molecule has 3 nitrogen and oxygen atoms in total. The van der Waals surface area contributed by atoms with Crippen molar-refractivity contribution in [2.24, 2.45) is 5.73 Å². The summed E-state index contributed by atoms with van der Waals surface area (Å²) in [5, 5.41) is 9.66. The van der Waals surface area contributed by atoms with Crippen LogP contribution in [0.3, 0.4) is 0 Å². The summed E-state index contributed by atoms with van der Waals surface area (Å²) in [6, 6.07) is 7.39. The predicted molar refractivity (Wildman–Crippen MR) is 70.5 cm³/mol. The second-order valence-electron chi connectivity index (χ2n) is 4.88. The SMILES string of the molecule is Cc1ccccc1C(CN)(CO)CCOCC(F)(F)F. The van der Waals surface area contributed by atoms with Gasteiger partial charge in [0, 0.05) is 18.6 Å². The van der Waals surface area contributed by atoms with Gasteiger partial charge in [0.1, 0.15) is 6.61 Å². The summed E-state index contributed by atoms with van der Waals surface area (Å²) < 4.78 is 40.7. The van der Waals surface area contributed by atoms with Crippen LogP contribution >= 0.6 is 0 Å². The Bertz CT molecular complexity index is 417. The van der Waals surface area contributed by atoms with Crippen LogP contribution in [0.5, 0.6) is 0 Å². The fourth-order valence-corrected chi connectivity index (χ4v) is 2.20. The molecule has 0 saturated carbocycles. The lowest BCUT2D eigenvalue weighted by molar-refractivity contribution is -0.175. The lowest BCUT2D eigenvalue weighted by atomic mass is 9.76. The normalized spacial score (nSPS) is 15.1. The van der Waals surface area contributed by atoms with E-state index in [1.54, 1.807) is 0 Å². The molecule has 1 aromatic rings. The number of hydrogen-bond acceptors (Lipinski definition) is 3. The van der Waals surface area contributed by atoms with Gasteiger partial charge in [-0.05, 0) is 24.5 Å². The molecular formula is C14H20F3NO2. The first-order valence-corrected chi connectivity index (χ1v) is 6.36. The van der Waals surface area contributed by atoms with Gasteiger partial charge in [0.05, 0.1) is 6.61 Å². The van der Waals surface area contributed by atoms with Crippen LogP contribution in [-0.2, 0) is 10.2 Å². The minimum atomic E-state index is -4.34. The van der Waals surface area contributed by atoms with Crippen molar-refractivity contribution < 1.29 is 23.0 Å². The van der Waals surface area contributed by atoms with Crippen LogP contribution in [0, 0.1) is 6.92 Å². The Hall–Kier alpha value is -1.11. The zero-order chi connectivity index (χ0) is 15.2. The zero-order valence-electron chi connectivity index (χ0n) is 11.4. The van der Waals surface area contributed by atoms with Crippen LogP contribution in [0.15, 0.2) is 24.3 Å². The number of benzene rings is 1. The Balaban J connectivity index is 2.75. The second-order valence-corrected chi connectivity index (χ2v) is 4.88. The van der Waals surface area contributed by atoms with E-state index in [4.69, 9.17) is 5.73 Å². The first-order chi connectivity index (χ1) is 9.34. The molecule has 0 aliphatic rings. The summed E-state index contributed by atoms with van der Waals surface area (Å²) in [5.74, 6) is 0. The highest BCUT2D eigenvalue weighted by Crippen LogP contribution is 2.29. The Morgan fingerprint density at radius 1 is 1.25 bits per heavy atom. The number of aliphatic hydroxyl groups excluding tert-OH is 1. The number of hydrogen-bond donors (Lipinski definition) is 2. The van der Waals surface area contributed by atoms with E-state index in [9.17, 15) is 18.3 Å². The van der Waals surface area contributed by atoms with Gasteiger partial charge >= 0.3 is 6.18 Å². The van der Waals surface area contributed by atoms with E-state index in [1.807, 2.05) is 31.2 Å². The summed E-state index contributed by atoms with van der Waals surface area (Å²) in [6.07, 6.45) is -4.10. The maximum absolute atomic E-state index is 12.0. The second kappa shape index (κ2) is 7.06. The number of aliphatic hydroxyl groups is 1. The van der Waals surface area contributed by atoms with Crippen LogP contribution in [0.4, 0.5) is 13.2 Å². The molecule has 1 rings (SSSR count). The summed E-state index contributed by atoms with van der Waals surface area (Å²) in [7, 11) is 0. The van der Waals surface area contributed by atoms with Crippen molar-refractivity contribution in [1.82, 2.24) is 0 Å². The van der Waals surface area contributed by atoms with Crippen LogP contribution in [-0.4, -0.2) is 37.6 Å². The maximum atomic E-state index is 12.0. The first kappa shape index (κ1) is 16.9. The van der Waals surface area contributed by atoms with Crippen LogP contribution in [0.25, 0.3) is 0 Å². The molecule has 114 valence electrons. The Labute approximate surface area is 116 Å². The monoisotopic (exact) mass is 291 g/mol. The molecular weight excluding hydrogens is 271 g/mol. The number of alkyl halides is 3. The van der Waals surface area contributed by atoms with Gasteiger partial charge in [0.2, 0.25) is 0 Å². The molecule has 20 heavy (non-hydrogen) atoms. The van der Waals surface area contributed by atoms with Gasteiger partial charge in [-0.25, -0.2) is 0 Å². The van der Waals surface area contributed by atoms with E-state index in [0.29, 0.717) is 0 Å². The Morgan fingerprint density at radius 3 is 2.40 bits per heavy atom. The van der Waals surface area contributed by atoms with E-state index in [0.717, 1.165) is 11.1 Å². The average Bonchev–Trinajstić information content (AvgIpc) is 2.40. The molecule has 0 radical (unpaired) electrons. The highest BCUT2D eigenvalue weighted by atomic mass is 19.4. The fourth-order valence-electron chi connectivity index (χ4n) is 2.20. The summed E-state index contributed by atoms with van der Waals surface area (Å²) in [4.78, 5) is 0. The van der Waals surface area contributed by atoms with Crippen LogP contribution in [0.1, 0.15) is 17.5 Å². The van der Waals surface area contributed by atoms with E-state index < -0.39 is 18.2 Å². The van der Waals surface area contributed by atoms with Crippen molar-refractivity contribution in [3.63, 3.8) is 0 Å². The Kier molecular flexibility index (Phi) is 5.98. The van der Waals surface area contributed by atoms with Crippen molar-refractivity contribution >= 4 is 0 Å². The number of halogens is 3. The molecule has 0 amide bonds. The predicted octanol–water partition coefficient (Wildman–Crippen LogP) is 2.15. The molecule has 0 heterocycles. The van der Waals surface area contributed by atoms with E-state index >= 15 is 0 Å². The third kappa shape index (κ3) is 4.47. The van der Waals surface area contributed by atoms with E-state index in [1.165, 1.54) is 0 Å². The lowest BCUT2D eigenvalue weighted by Crippen LogP contribution is -2.40. The molecule has 0 aromatic heterocycles. The zero-order valence-corrected chi connectivity index (χ0v) is 11.4. The van der Waals surface area contributed by atoms with Gasteiger partial charge in [-0.15, -0.1) is 0 Å². The fraction of sp³-hybridized carbons (Fsp3) is 0.571. The third-order valence-electron chi connectivity index (χ3n) is 3.40. The van der Waals surface area contributed by atoms with Crippen molar-refractivity contribution in [1.29, 1.82) is 0 Å². The van der Waals surface area contributed by atoms with Crippen LogP contribution in [0.2, 0.25) is 0 Å². The van der Waals surface area contributed by atoms with E-state index in [-0.39, 0.29) is 26.2 Å². The lowest BCUT2D eigenvalue weighted by Gasteiger charge is -2.32. The van der Waals surface area contributed by atoms with Gasteiger partial charge in [0.15, 0.2) is 0 Å². The first-order valence-electron chi connectivity index (χ1n) is 6.36. The van der Waals surface area contributed by atoms with Crippen molar-refractivity contribution in [2.45, 2.75) is 24.9 Å². The molecule has 1 aromatic carbocycles. The minimum Gasteiger partial charge on any atom is -0.395 e. The molecule has 0 saturated heterocycles. The largest absolute Gasteiger partial charge is 0.411 e. The van der Waals surface area contributed by atoms with Crippen LogP contribution < -0.4 is 5.73 Å². The summed E-state index contributed by atoms with van der Waals surface area (Å²) >= 11 is 0.